The number of hydrogen-bond acceptors (Lipinski definition) is 6. The van der Waals surface area contributed by atoms with Crippen molar-refractivity contribution < 1.29 is 9.21 Å². The average molecular weight is 339 g/mol. The van der Waals surface area contributed by atoms with E-state index in [-0.39, 0.29) is 5.91 Å². The van der Waals surface area contributed by atoms with Crippen molar-refractivity contribution in [3.63, 3.8) is 0 Å². The van der Waals surface area contributed by atoms with Gasteiger partial charge in [-0.25, -0.2) is 15.0 Å². The molecule has 0 bridgehead atoms. The summed E-state index contributed by atoms with van der Waals surface area (Å²) in [5.74, 6) is 2.03. The van der Waals surface area contributed by atoms with Gasteiger partial charge in [-0.15, -0.1) is 0 Å². The van der Waals surface area contributed by atoms with Crippen molar-refractivity contribution in [1.82, 2.24) is 19.9 Å². The predicted molar refractivity (Wildman–Crippen MR) is 92.7 cm³/mol. The van der Waals surface area contributed by atoms with Gasteiger partial charge in [0.15, 0.2) is 6.39 Å². The van der Waals surface area contributed by atoms with Crippen LogP contribution in [-0.2, 0) is 12.8 Å². The van der Waals surface area contributed by atoms with Crippen LogP contribution in [0.1, 0.15) is 33.3 Å². The van der Waals surface area contributed by atoms with Crippen LogP contribution in [0.25, 0.3) is 0 Å². The van der Waals surface area contributed by atoms with Crippen LogP contribution >= 0.6 is 0 Å². The first kappa shape index (κ1) is 15.8. The molecule has 4 rings (SSSR count). The van der Waals surface area contributed by atoms with Crippen molar-refractivity contribution >= 4 is 11.7 Å². The molecule has 0 aromatic carbocycles. The summed E-state index contributed by atoms with van der Waals surface area (Å²) < 4.78 is 5.27. The Kier molecular flexibility index (Phi) is 3.99. The molecule has 0 unspecified atom stereocenters. The highest BCUT2D eigenvalue weighted by atomic mass is 16.3. The lowest BCUT2D eigenvalue weighted by atomic mass is 10.1. The van der Waals surface area contributed by atoms with Gasteiger partial charge < -0.3 is 14.2 Å². The number of aromatic nitrogens is 3. The zero-order chi connectivity index (χ0) is 17.4. The molecule has 0 N–H and O–H groups in total. The molecule has 2 aromatic rings. The second-order valence-electron chi connectivity index (χ2n) is 6.46. The number of aryl methyl sites for hydroxylation is 2. The molecule has 0 aliphatic carbocycles. The Balaban J connectivity index is 1.60. The molecule has 7 heteroatoms. The molecule has 0 saturated carbocycles. The number of hydrogen-bond donors (Lipinski definition) is 0. The van der Waals surface area contributed by atoms with Crippen LogP contribution in [0, 0.1) is 13.8 Å². The molecule has 0 radical (unpaired) electrons. The summed E-state index contributed by atoms with van der Waals surface area (Å²) in [6.07, 6.45) is 7.11. The molecule has 1 amide bonds. The van der Waals surface area contributed by atoms with Crippen molar-refractivity contribution in [1.29, 1.82) is 0 Å². The van der Waals surface area contributed by atoms with E-state index >= 15 is 0 Å². The van der Waals surface area contributed by atoms with Gasteiger partial charge in [0.05, 0.1) is 11.4 Å². The molecule has 0 saturated heterocycles. The molecule has 2 aliphatic heterocycles. The highest BCUT2D eigenvalue weighted by molar-refractivity contribution is 5.92. The summed E-state index contributed by atoms with van der Waals surface area (Å²) in [5.41, 5.74) is 2.85. The molecule has 2 aromatic heterocycles. The van der Waals surface area contributed by atoms with E-state index < -0.39 is 0 Å². The number of fused-ring (bicyclic) bond motifs is 1. The van der Waals surface area contributed by atoms with Gasteiger partial charge in [0.2, 0.25) is 5.76 Å². The summed E-state index contributed by atoms with van der Waals surface area (Å²) >= 11 is 0. The third-order valence-corrected chi connectivity index (χ3v) is 4.78. The number of rotatable bonds is 2. The van der Waals surface area contributed by atoms with Crippen molar-refractivity contribution in [2.24, 2.45) is 0 Å². The zero-order valence-electron chi connectivity index (χ0n) is 14.5. The van der Waals surface area contributed by atoms with Crippen LogP contribution in [-0.4, -0.2) is 51.9 Å². The number of carbonyl (C=O) groups is 1. The van der Waals surface area contributed by atoms with Crippen LogP contribution < -0.4 is 4.90 Å². The van der Waals surface area contributed by atoms with E-state index in [0.717, 1.165) is 43.3 Å². The molecular weight excluding hydrogens is 318 g/mol. The first-order valence-corrected chi connectivity index (χ1v) is 8.59. The number of nitrogens with zero attached hydrogens (tertiary/aromatic N) is 5. The quantitative estimate of drug-likeness (QED) is 0.775. The molecule has 130 valence electrons. The van der Waals surface area contributed by atoms with Crippen LogP contribution in [0.2, 0.25) is 0 Å². The maximum atomic E-state index is 12.7. The fourth-order valence-electron chi connectivity index (χ4n) is 3.47. The summed E-state index contributed by atoms with van der Waals surface area (Å²) in [4.78, 5) is 30.2. The Morgan fingerprint density at radius 2 is 1.88 bits per heavy atom. The van der Waals surface area contributed by atoms with Gasteiger partial charge >= 0.3 is 0 Å². The summed E-state index contributed by atoms with van der Waals surface area (Å²) in [7, 11) is 0. The van der Waals surface area contributed by atoms with Gasteiger partial charge in [-0.05, 0) is 20.3 Å². The minimum Gasteiger partial charge on any atom is -0.438 e. The average Bonchev–Trinajstić information content (AvgIpc) is 3.22. The Hall–Kier alpha value is -2.70. The summed E-state index contributed by atoms with van der Waals surface area (Å²) in [6.45, 7) is 6.73. The van der Waals surface area contributed by atoms with Crippen LogP contribution in [0.3, 0.4) is 0 Å². The van der Waals surface area contributed by atoms with Gasteiger partial charge in [-0.1, -0.05) is 12.2 Å². The van der Waals surface area contributed by atoms with Gasteiger partial charge in [-0.3, -0.25) is 4.79 Å². The van der Waals surface area contributed by atoms with Gasteiger partial charge in [0, 0.05) is 38.2 Å². The van der Waals surface area contributed by atoms with Gasteiger partial charge in [-0.2, -0.15) is 0 Å². The first-order chi connectivity index (χ1) is 12.1. The lowest BCUT2D eigenvalue weighted by molar-refractivity contribution is 0.0730. The number of carbonyl (C=O) groups excluding carboxylic acids is 1. The van der Waals surface area contributed by atoms with Crippen molar-refractivity contribution in [2.45, 2.75) is 26.7 Å². The van der Waals surface area contributed by atoms with E-state index in [1.54, 1.807) is 6.92 Å². The molecule has 4 heterocycles. The third-order valence-electron chi connectivity index (χ3n) is 4.78. The van der Waals surface area contributed by atoms with Gasteiger partial charge in [0.1, 0.15) is 11.6 Å². The predicted octanol–water partition coefficient (Wildman–Crippen LogP) is 1.70. The van der Waals surface area contributed by atoms with Crippen molar-refractivity contribution in [3.05, 3.63) is 47.1 Å². The van der Waals surface area contributed by atoms with Crippen LogP contribution in [0.4, 0.5) is 5.82 Å². The second kappa shape index (κ2) is 6.31. The van der Waals surface area contributed by atoms with Crippen molar-refractivity contribution in [3.8, 4) is 0 Å². The largest absolute Gasteiger partial charge is 0.438 e. The highest BCUT2D eigenvalue weighted by Gasteiger charge is 2.27. The number of anilines is 1. The van der Waals surface area contributed by atoms with E-state index in [1.165, 1.54) is 12.0 Å². The van der Waals surface area contributed by atoms with Crippen LogP contribution in [0.5, 0.6) is 0 Å². The molecule has 7 nitrogen and oxygen atoms in total. The zero-order valence-corrected chi connectivity index (χ0v) is 14.5. The summed E-state index contributed by atoms with van der Waals surface area (Å²) in [5, 5.41) is 0. The normalized spacial score (nSPS) is 16.9. The Bertz CT molecular complexity index is 834. The number of amides is 1. The fourth-order valence-corrected chi connectivity index (χ4v) is 3.47. The second-order valence-corrected chi connectivity index (χ2v) is 6.46. The standard InChI is InChI=1S/C18H21N5O2/c1-12-16(25-11-19-12)18(24)23-9-5-14-15(6-10-23)20-13(2)21-17(14)22-7-3-4-8-22/h3-4,11H,5-10H2,1-2H3. The van der Waals surface area contributed by atoms with Gasteiger partial charge in [0.25, 0.3) is 5.91 Å². The minimum absolute atomic E-state index is 0.100. The minimum atomic E-state index is -0.100. The van der Waals surface area contributed by atoms with E-state index in [2.05, 4.69) is 32.0 Å². The van der Waals surface area contributed by atoms with E-state index in [4.69, 9.17) is 4.42 Å². The van der Waals surface area contributed by atoms with E-state index in [1.807, 2.05) is 11.8 Å². The van der Waals surface area contributed by atoms with E-state index in [9.17, 15) is 4.79 Å². The number of oxazole rings is 1. The highest BCUT2D eigenvalue weighted by Crippen LogP contribution is 2.26. The Labute approximate surface area is 146 Å². The molecular formula is C18H21N5O2. The maximum absolute atomic E-state index is 12.7. The molecule has 2 aliphatic rings. The summed E-state index contributed by atoms with van der Waals surface area (Å²) in [6, 6.07) is 0. The topological polar surface area (TPSA) is 75.4 Å². The Morgan fingerprint density at radius 1 is 1.12 bits per heavy atom. The molecule has 25 heavy (non-hydrogen) atoms. The smallest absolute Gasteiger partial charge is 0.291 e. The maximum Gasteiger partial charge on any atom is 0.291 e. The first-order valence-electron chi connectivity index (χ1n) is 8.59. The molecule has 0 fully saturated rings. The molecule has 0 spiro atoms. The lowest BCUT2D eigenvalue weighted by Gasteiger charge is -2.22. The SMILES string of the molecule is Cc1nc2c(c(N3CC=CC3)n1)CCN(C(=O)c1ocnc1C)CC2. The monoisotopic (exact) mass is 339 g/mol. The fraction of sp³-hybridized carbons (Fsp3) is 0.444. The third kappa shape index (κ3) is 2.90. The lowest BCUT2D eigenvalue weighted by Crippen LogP contribution is -2.33. The van der Waals surface area contributed by atoms with E-state index in [0.29, 0.717) is 24.5 Å². The Morgan fingerprint density at radius 3 is 2.60 bits per heavy atom. The van der Waals surface area contributed by atoms with Crippen LogP contribution in [0.15, 0.2) is 23.0 Å². The van der Waals surface area contributed by atoms with Crippen molar-refractivity contribution in [2.75, 3.05) is 31.1 Å². The molecule has 0 atom stereocenters.